The average molecular weight is 530 g/mol. The summed E-state index contributed by atoms with van der Waals surface area (Å²) in [5.74, 6) is 0.210. The Morgan fingerprint density at radius 1 is 0.683 bits per heavy atom. The Bertz CT molecular complexity index is 1740. The van der Waals surface area contributed by atoms with Crippen molar-refractivity contribution in [2.75, 3.05) is 0 Å². The first-order valence-electron chi connectivity index (χ1n) is 14.4. The van der Waals surface area contributed by atoms with Crippen LogP contribution >= 0.6 is 0 Å². The number of allylic oxidation sites excluding steroid dienone is 7. The highest BCUT2D eigenvalue weighted by Gasteiger charge is 2.15. The van der Waals surface area contributed by atoms with E-state index >= 15 is 0 Å². The lowest BCUT2D eigenvalue weighted by atomic mass is 9.87. The van der Waals surface area contributed by atoms with Crippen LogP contribution in [0.3, 0.4) is 0 Å². The summed E-state index contributed by atoms with van der Waals surface area (Å²) in [6.45, 7) is 0. The van der Waals surface area contributed by atoms with Gasteiger partial charge in [-0.1, -0.05) is 152 Å². The predicted molar refractivity (Wildman–Crippen MR) is 175 cm³/mol. The van der Waals surface area contributed by atoms with Crippen LogP contribution in [0.25, 0.3) is 27.5 Å². The molecule has 0 amide bonds. The van der Waals surface area contributed by atoms with E-state index in [0.717, 1.165) is 30.5 Å². The summed E-state index contributed by atoms with van der Waals surface area (Å²) in [5.41, 5.74) is 16.4. The summed E-state index contributed by atoms with van der Waals surface area (Å²) in [5, 5.41) is 2.48. The van der Waals surface area contributed by atoms with Crippen molar-refractivity contribution in [1.82, 2.24) is 0 Å². The van der Waals surface area contributed by atoms with Gasteiger partial charge in [-0.3, -0.25) is 0 Å². The van der Waals surface area contributed by atoms with Crippen molar-refractivity contribution in [2.45, 2.75) is 19.3 Å². The van der Waals surface area contributed by atoms with Crippen molar-refractivity contribution < 1.29 is 0 Å². The molecule has 1 unspecified atom stereocenters. The number of hydrogen-bond acceptors (Lipinski definition) is 1. The highest BCUT2D eigenvalue weighted by Crippen LogP contribution is 2.37. The van der Waals surface area contributed by atoms with Crippen molar-refractivity contribution in [2.24, 2.45) is 11.7 Å². The molecule has 1 nitrogen and oxygen atoms in total. The van der Waals surface area contributed by atoms with Crippen LogP contribution in [0.15, 0.2) is 163 Å². The van der Waals surface area contributed by atoms with Gasteiger partial charge in [0.1, 0.15) is 0 Å². The fourth-order valence-corrected chi connectivity index (χ4v) is 5.65. The van der Waals surface area contributed by atoms with E-state index in [0.29, 0.717) is 0 Å². The third-order valence-electron chi connectivity index (χ3n) is 7.87. The highest BCUT2D eigenvalue weighted by atomic mass is 14.6. The van der Waals surface area contributed by atoms with E-state index in [2.05, 4.69) is 158 Å². The molecule has 0 radical (unpaired) electrons. The fourth-order valence-electron chi connectivity index (χ4n) is 5.65. The maximum Gasteiger partial charge on any atom is 0.0202 e. The standard InChI is InChI=1S/C40H35N/c41-39(34-17-8-3-9-18-34)29-36(25-20-30-12-4-1-5-13-30)38-27-26-33-16-10-11-19-37(33)40(38)35-23-21-32(22-24-35)28-31-14-6-2-7-15-31/h1-17,19,21-27,29,34H,18,20,28,41H2/b36-25+,39-29-. The van der Waals surface area contributed by atoms with Crippen molar-refractivity contribution in [3.8, 4) is 11.1 Å². The van der Waals surface area contributed by atoms with E-state index in [1.165, 1.54) is 44.2 Å². The Morgan fingerprint density at radius 3 is 2.10 bits per heavy atom. The number of rotatable bonds is 8. The van der Waals surface area contributed by atoms with Crippen molar-refractivity contribution >= 4 is 16.3 Å². The molecule has 0 fully saturated rings. The molecule has 0 bridgehead atoms. The molecule has 1 atom stereocenters. The number of benzene rings is 5. The lowest BCUT2D eigenvalue weighted by Gasteiger charge is -2.18. The minimum absolute atomic E-state index is 0.210. The molecule has 1 heteroatoms. The summed E-state index contributed by atoms with van der Waals surface area (Å²) in [6, 6.07) is 43.6. The topological polar surface area (TPSA) is 26.0 Å². The lowest BCUT2D eigenvalue weighted by molar-refractivity contribution is 0.756. The second-order valence-electron chi connectivity index (χ2n) is 10.7. The Hall–Kier alpha value is -4.88. The van der Waals surface area contributed by atoms with E-state index in [1.54, 1.807) is 0 Å². The molecule has 200 valence electrons. The number of fused-ring (bicyclic) bond motifs is 1. The van der Waals surface area contributed by atoms with Crippen LogP contribution < -0.4 is 5.73 Å². The van der Waals surface area contributed by atoms with Gasteiger partial charge in [0.2, 0.25) is 0 Å². The van der Waals surface area contributed by atoms with Crippen molar-refractivity contribution in [1.29, 1.82) is 0 Å². The molecule has 0 spiro atoms. The van der Waals surface area contributed by atoms with E-state index in [1.807, 2.05) is 0 Å². The van der Waals surface area contributed by atoms with Crippen LogP contribution in [0.5, 0.6) is 0 Å². The molecular formula is C40H35N. The molecule has 5 aromatic rings. The maximum absolute atomic E-state index is 6.79. The largest absolute Gasteiger partial charge is 0.402 e. The van der Waals surface area contributed by atoms with E-state index in [9.17, 15) is 0 Å². The normalized spacial score (nSPS) is 15.4. The van der Waals surface area contributed by atoms with Gasteiger partial charge in [-0.25, -0.2) is 0 Å². The van der Waals surface area contributed by atoms with Gasteiger partial charge < -0.3 is 5.73 Å². The molecule has 0 heterocycles. The number of nitrogens with two attached hydrogens (primary N) is 1. The molecule has 41 heavy (non-hydrogen) atoms. The second-order valence-corrected chi connectivity index (χ2v) is 10.7. The Morgan fingerprint density at radius 2 is 1.37 bits per heavy atom. The van der Waals surface area contributed by atoms with Crippen LogP contribution in [0, 0.1) is 5.92 Å². The molecule has 1 aliphatic rings. The zero-order valence-corrected chi connectivity index (χ0v) is 23.3. The van der Waals surface area contributed by atoms with Crippen LogP contribution in [-0.4, -0.2) is 0 Å². The zero-order chi connectivity index (χ0) is 27.9. The molecule has 0 aliphatic heterocycles. The summed E-state index contributed by atoms with van der Waals surface area (Å²) in [7, 11) is 0. The lowest BCUT2D eigenvalue weighted by Crippen LogP contribution is -2.11. The van der Waals surface area contributed by atoms with Crippen LogP contribution in [0.1, 0.15) is 28.7 Å². The maximum atomic E-state index is 6.79. The molecule has 1 aliphatic carbocycles. The predicted octanol–water partition coefficient (Wildman–Crippen LogP) is 9.70. The van der Waals surface area contributed by atoms with E-state index < -0.39 is 0 Å². The molecule has 0 saturated carbocycles. The van der Waals surface area contributed by atoms with Crippen LogP contribution in [-0.2, 0) is 12.8 Å². The monoisotopic (exact) mass is 529 g/mol. The molecule has 0 aromatic heterocycles. The van der Waals surface area contributed by atoms with Gasteiger partial charge in [-0.2, -0.15) is 0 Å². The first-order valence-corrected chi connectivity index (χ1v) is 14.4. The first-order chi connectivity index (χ1) is 20.2. The summed E-state index contributed by atoms with van der Waals surface area (Å²) < 4.78 is 0. The zero-order valence-electron chi connectivity index (χ0n) is 23.3. The van der Waals surface area contributed by atoms with Gasteiger partial charge in [0.05, 0.1) is 0 Å². The summed E-state index contributed by atoms with van der Waals surface area (Å²) >= 11 is 0. The Balaban J connectivity index is 1.46. The number of hydrogen-bond donors (Lipinski definition) is 1. The fraction of sp³-hybridized carbons (Fsp3) is 0.100. The van der Waals surface area contributed by atoms with Crippen LogP contribution in [0.4, 0.5) is 0 Å². The average Bonchev–Trinajstić information content (AvgIpc) is 3.04. The van der Waals surface area contributed by atoms with Crippen LogP contribution in [0.2, 0.25) is 0 Å². The molecule has 6 rings (SSSR count). The van der Waals surface area contributed by atoms with Gasteiger partial charge in [0, 0.05) is 11.6 Å². The summed E-state index contributed by atoms with van der Waals surface area (Å²) in [6.07, 6.45) is 15.8. The van der Waals surface area contributed by atoms with Gasteiger partial charge in [0.25, 0.3) is 0 Å². The van der Waals surface area contributed by atoms with Gasteiger partial charge in [-0.15, -0.1) is 0 Å². The van der Waals surface area contributed by atoms with Crippen molar-refractivity contribution in [3.05, 3.63) is 186 Å². The van der Waals surface area contributed by atoms with E-state index in [-0.39, 0.29) is 5.92 Å². The SMILES string of the molecule is N/C(=C\C(=C/Cc1ccccc1)c1ccc2ccccc2c1-c1ccc(Cc2ccccc2)cc1)C1C=CC=CC1. The van der Waals surface area contributed by atoms with Gasteiger partial charge >= 0.3 is 0 Å². The third-order valence-corrected chi connectivity index (χ3v) is 7.87. The Kier molecular flexibility index (Phi) is 8.05. The van der Waals surface area contributed by atoms with Gasteiger partial charge in [0.15, 0.2) is 0 Å². The molecule has 5 aromatic carbocycles. The molecule has 0 saturated heterocycles. The minimum atomic E-state index is 0.210. The third kappa shape index (κ3) is 6.31. The highest BCUT2D eigenvalue weighted by molar-refractivity contribution is 6.03. The van der Waals surface area contributed by atoms with Crippen molar-refractivity contribution in [3.63, 3.8) is 0 Å². The second kappa shape index (κ2) is 12.5. The minimum Gasteiger partial charge on any atom is -0.402 e. The summed E-state index contributed by atoms with van der Waals surface area (Å²) in [4.78, 5) is 0. The molecular weight excluding hydrogens is 494 g/mol. The van der Waals surface area contributed by atoms with Gasteiger partial charge in [-0.05, 0) is 75.1 Å². The first kappa shape index (κ1) is 26.3. The quantitative estimate of drug-likeness (QED) is 0.199. The Labute approximate surface area is 243 Å². The van der Waals surface area contributed by atoms with E-state index in [4.69, 9.17) is 5.73 Å². The smallest absolute Gasteiger partial charge is 0.0202 e. The molecule has 2 N–H and O–H groups in total.